The molecule has 6 rings (SSSR count). The number of β-amino-alcohol motifs (C(OH)–C–C–N with tert-alkyl or cyclic N) is 1. The summed E-state index contributed by atoms with van der Waals surface area (Å²) in [4.78, 5) is 30.8. The van der Waals surface area contributed by atoms with Crippen molar-refractivity contribution >= 4 is 45.0 Å². The van der Waals surface area contributed by atoms with E-state index in [2.05, 4.69) is 21.9 Å². The lowest BCUT2D eigenvalue weighted by Gasteiger charge is -2.39. The highest BCUT2D eigenvalue weighted by Crippen LogP contribution is 2.38. The quantitative estimate of drug-likeness (QED) is 0.337. The van der Waals surface area contributed by atoms with Gasteiger partial charge in [0.2, 0.25) is 5.91 Å². The summed E-state index contributed by atoms with van der Waals surface area (Å²) in [5, 5.41) is 24.8. The van der Waals surface area contributed by atoms with Crippen LogP contribution in [0.5, 0.6) is 0 Å². The van der Waals surface area contributed by atoms with Crippen LogP contribution in [0.15, 0.2) is 30.3 Å². The van der Waals surface area contributed by atoms with E-state index < -0.39 is 6.10 Å². The van der Waals surface area contributed by atoms with E-state index in [-0.39, 0.29) is 19.2 Å². The number of hydrogen-bond acceptors (Lipinski definition) is 10. The second kappa shape index (κ2) is 12.2. The van der Waals surface area contributed by atoms with Crippen LogP contribution in [0.4, 0.5) is 21.2 Å². The molecule has 1 aromatic carbocycles. The molecule has 4 aromatic rings. The van der Waals surface area contributed by atoms with Crippen molar-refractivity contribution in [2.45, 2.75) is 33.9 Å². The number of benzene rings is 1. The molecule has 226 valence electrons. The Morgan fingerprint density at radius 1 is 1.16 bits per heavy atom. The molecule has 0 saturated carbocycles. The van der Waals surface area contributed by atoms with Crippen molar-refractivity contribution < 1.29 is 14.3 Å². The Hall–Kier alpha value is -4.12. The number of nitriles is 1. The van der Waals surface area contributed by atoms with Crippen LogP contribution in [-0.2, 0) is 11.3 Å². The van der Waals surface area contributed by atoms with Gasteiger partial charge in [-0.3, -0.25) is 9.69 Å². The minimum atomic E-state index is -0.392. The van der Waals surface area contributed by atoms with E-state index in [9.17, 15) is 19.6 Å². The topological polar surface area (TPSA) is 118 Å². The fraction of sp³-hybridized carbons (Fsp3) is 0.433. The highest BCUT2D eigenvalue weighted by molar-refractivity contribution is 7.16. The first kappa shape index (κ1) is 30.3. The minimum absolute atomic E-state index is 0. The third-order valence-electron chi connectivity index (χ3n) is 7.86. The first-order valence-corrected chi connectivity index (χ1v) is 14.8. The van der Waals surface area contributed by atoms with Crippen LogP contribution in [0.1, 0.15) is 24.8 Å². The van der Waals surface area contributed by atoms with Gasteiger partial charge >= 0.3 is 0 Å². The number of thiazole rings is 1. The molecule has 0 spiro atoms. The second-order valence-electron chi connectivity index (χ2n) is 10.7. The van der Waals surface area contributed by atoms with Crippen molar-refractivity contribution in [3.63, 3.8) is 0 Å². The number of aryl methyl sites for hydroxylation is 2. The van der Waals surface area contributed by atoms with E-state index in [0.717, 1.165) is 54.4 Å². The van der Waals surface area contributed by atoms with Gasteiger partial charge in [0.25, 0.3) is 0 Å². The van der Waals surface area contributed by atoms with Crippen LogP contribution in [-0.4, -0.2) is 99.5 Å². The zero-order valence-corrected chi connectivity index (χ0v) is 24.6. The van der Waals surface area contributed by atoms with Crippen LogP contribution >= 0.6 is 11.3 Å². The number of halogens is 1. The van der Waals surface area contributed by atoms with Crippen LogP contribution in [0.25, 0.3) is 22.3 Å². The largest absolute Gasteiger partial charge is 0.389 e. The summed E-state index contributed by atoms with van der Waals surface area (Å²) >= 11 is 1.27. The summed E-state index contributed by atoms with van der Waals surface area (Å²) in [6, 6.07) is 10.3. The normalized spacial score (nSPS) is 15.7. The molecule has 1 amide bonds. The maximum Gasteiger partial charge on any atom is 0.236 e. The zero-order chi connectivity index (χ0) is 29.5. The highest BCUT2D eigenvalue weighted by Gasteiger charge is 2.31. The second-order valence-corrected chi connectivity index (χ2v) is 11.7. The molecule has 3 aromatic heterocycles. The molecule has 2 fully saturated rings. The van der Waals surface area contributed by atoms with Crippen LogP contribution in [0.2, 0.25) is 0 Å². The number of pyridine rings is 1. The number of aromatic nitrogens is 4. The molecule has 0 radical (unpaired) electrons. The fourth-order valence-electron chi connectivity index (χ4n) is 5.44. The lowest BCUT2D eigenvalue weighted by atomic mass is 10.1. The smallest absolute Gasteiger partial charge is 0.236 e. The average Bonchev–Trinajstić information content (AvgIpc) is 3.58. The number of piperazine rings is 1. The number of carbonyl (C=O) groups excluding carboxylic acids is 1. The summed E-state index contributed by atoms with van der Waals surface area (Å²) in [5.41, 5.74) is 3.76. The van der Waals surface area contributed by atoms with E-state index in [0.29, 0.717) is 47.4 Å². The molecular weight excluding hydrogens is 569 g/mol. The Labute approximate surface area is 254 Å². The molecule has 43 heavy (non-hydrogen) atoms. The third-order valence-corrected chi connectivity index (χ3v) is 8.89. The summed E-state index contributed by atoms with van der Waals surface area (Å²) in [5.74, 6) is 1.35. The van der Waals surface area contributed by atoms with E-state index >= 15 is 0 Å². The lowest BCUT2D eigenvalue weighted by molar-refractivity contribution is -0.142. The number of likely N-dealkylation sites (tertiary alicyclic amines) is 1. The number of fused-ring (bicyclic) bond motifs is 1. The summed E-state index contributed by atoms with van der Waals surface area (Å²) in [6.45, 7) is 8.84. The SMILES string of the molecule is C.CCn1nc2c(C)cc(N3CCN(CC(=O)N4CC(O)C4)CC3)nc2c1N(C)c1nc(-c2ccc(F)cc2)c(C#N)s1. The monoisotopic (exact) mass is 605 g/mol. The number of anilines is 3. The number of carbonyl (C=O) groups is 1. The first-order valence-electron chi connectivity index (χ1n) is 14.0. The first-order chi connectivity index (χ1) is 20.2. The Morgan fingerprint density at radius 2 is 1.86 bits per heavy atom. The number of amides is 1. The van der Waals surface area contributed by atoms with Crippen molar-refractivity contribution in [1.29, 1.82) is 5.26 Å². The van der Waals surface area contributed by atoms with Gasteiger partial charge in [-0.25, -0.2) is 19.0 Å². The van der Waals surface area contributed by atoms with Crippen molar-refractivity contribution in [2.75, 3.05) is 62.7 Å². The van der Waals surface area contributed by atoms with E-state index in [1.807, 2.05) is 30.5 Å². The van der Waals surface area contributed by atoms with Crippen molar-refractivity contribution in [2.24, 2.45) is 0 Å². The Kier molecular flexibility index (Phi) is 8.64. The average molecular weight is 606 g/mol. The lowest BCUT2D eigenvalue weighted by Crippen LogP contribution is -2.57. The summed E-state index contributed by atoms with van der Waals surface area (Å²) in [6.07, 6.45) is -0.392. The molecule has 0 unspecified atom stereocenters. The van der Waals surface area contributed by atoms with Gasteiger partial charge in [-0.15, -0.1) is 0 Å². The predicted octanol–water partition coefficient (Wildman–Crippen LogP) is 3.62. The van der Waals surface area contributed by atoms with Gasteiger partial charge in [0.1, 0.15) is 39.3 Å². The highest BCUT2D eigenvalue weighted by atomic mass is 32.1. The predicted molar refractivity (Wildman–Crippen MR) is 166 cm³/mol. The molecule has 0 bridgehead atoms. The summed E-state index contributed by atoms with van der Waals surface area (Å²) in [7, 11) is 1.90. The Morgan fingerprint density at radius 3 is 2.49 bits per heavy atom. The zero-order valence-electron chi connectivity index (χ0n) is 23.8. The van der Waals surface area contributed by atoms with E-state index in [1.165, 1.54) is 23.5 Å². The maximum atomic E-state index is 13.5. The van der Waals surface area contributed by atoms with E-state index in [4.69, 9.17) is 15.1 Å². The van der Waals surface area contributed by atoms with Gasteiger partial charge in [-0.2, -0.15) is 10.4 Å². The fourth-order valence-corrected chi connectivity index (χ4v) is 6.29. The number of nitrogens with zero attached hydrogens (tertiary/aromatic N) is 9. The van der Waals surface area contributed by atoms with Gasteiger partial charge in [0.15, 0.2) is 10.9 Å². The third kappa shape index (κ3) is 5.78. The Balaban J connectivity index is 0.00000368. The maximum absolute atomic E-state index is 13.5. The number of aliphatic hydroxyl groups excluding tert-OH is 1. The number of hydrogen-bond donors (Lipinski definition) is 1. The Bertz CT molecular complexity index is 1670. The van der Waals surface area contributed by atoms with Gasteiger partial charge in [0, 0.05) is 58.4 Å². The van der Waals surface area contributed by atoms with Crippen LogP contribution in [0, 0.1) is 24.1 Å². The van der Waals surface area contributed by atoms with Gasteiger partial charge in [-0.05, 0) is 49.7 Å². The summed E-state index contributed by atoms with van der Waals surface area (Å²) < 4.78 is 15.4. The number of aliphatic hydroxyl groups is 1. The molecular formula is C30H36FN9O2S. The van der Waals surface area contributed by atoms with Gasteiger partial charge in [0.05, 0.1) is 12.6 Å². The molecule has 2 saturated heterocycles. The molecule has 0 atom stereocenters. The van der Waals surface area contributed by atoms with Crippen LogP contribution in [0.3, 0.4) is 0 Å². The molecule has 1 N–H and O–H groups in total. The van der Waals surface area contributed by atoms with Crippen molar-refractivity contribution in [3.8, 4) is 17.3 Å². The number of rotatable bonds is 7. The molecule has 11 nitrogen and oxygen atoms in total. The van der Waals surface area contributed by atoms with E-state index in [1.54, 1.807) is 17.0 Å². The van der Waals surface area contributed by atoms with Gasteiger partial charge in [-0.1, -0.05) is 18.8 Å². The minimum Gasteiger partial charge on any atom is -0.389 e. The molecule has 13 heteroatoms. The van der Waals surface area contributed by atoms with Gasteiger partial charge < -0.3 is 19.8 Å². The van der Waals surface area contributed by atoms with Crippen molar-refractivity contribution in [1.82, 2.24) is 29.5 Å². The van der Waals surface area contributed by atoms with Crippen LogP contribution < -0.4 is 9.80 Å². The molecule has 2 aliphatic heterocycles. The van der Waals surface area contributed by atoms with Crippen molar-refractivity contribution in [3.05, 3.63) is 46.6 Å². The molecule has 5 heterocycles. The molecule has 2 aliphatic rings. The molecule has 0 aliphatic carbocycles. The standard InChI is InChI=1S/C29H32FN9O2S.CH4/c1-4-39-28(35(3)29-33-26(22(14-31)42-29)19-5-7-20(30)8-6-19)27-25(34-39)18(2)13-23(32-27)37-11-9-36(10-12-37)17-24(41)38-15-21(40)16-38;/h5-8,13,21,40H,4,9-12,15-17H2,1-3H3;1H4.